The normalized spacial score (nSPS) is 19.7. The fourth-order valence-electron chi connectivity index (χ4n) is 3.76. The van der Waals surface area contributed by atoms with Gasteiger partial charge in [-0.2, -0.15) is 5.10 Å². The van der Waals surface area contributed by atoms with Crippen molar-refractivity contribution in [3.8, 4) is 11.3 Å². The van der Waals surface area contributed by atoms with Gasteiger partial charge < -0.3 is 10.4 Å². The van der Waals surface area contributed by atoms with Crippen LogP contribution in [-0.4, -0.2) is 33.9 Å². The second-order valence-corrected chi connectivity index (χ2v) is 9.53. The molecule has 5 nitrogen and oxygen atoms in total. The third-order valence-electron chi connectivity index (χ3n) is 5.68. The maximum Gasteiger partial charge on any atom is 0.223 e. The molecule has 0 bridgehead atoms. The molecule has 5 rings (SSSR count). The summed E-state index contributed by atoms with van der Waals surface area (Å²) in [5, 5.41) is 17.1. The van der Waals surface area contributed by atoms with Gasteiger partial charge in [0.2, 0.25) is 5.91 Å². The number of aliphatic hydroxyl groups is 1. The minimum Gasteiger partial charge on any atom is -0.395 e. The highest BCUT2D eigenvalue weighted by Crippen LogP contribution is 2.48. The Hall–Kier alpha value is -2.46. The number of halogens is 1. The van der Waals surface area contributed by atoms with Crippen LogP contribution >= 0.6 is 23.4 Å². The van der Waals surface area contributed by atoms with E-state index < -0.39 is 0 Å². The van der Waals surface area contributed by atoms with Crippen molar-refractivity contribution in [3.63, 3.8) is 0 Å². The van der Waals surface area contributed by atoms with Crippen LogP contribution in [-0.2, 0) is 4.79 Å². The van der Waals surface area contributed by atoms with Crippen molar-refractivity contribution >= 4 is 29.3 Å². The standard InChI is InChI=1S/C24H22ClN3O2S/c25-17-5-9-19(10-6-17)31-22-14-28(18-7-8-18)27-23(22)16-3-1-15(2-4-16)20-13-21(20)24(30)26-11-12-29/h1-5,9,14,18,20-21,29H,7-8,11-13H2,(H,26,30). The van der Waals surface area contributed by atoms with Gasteiger partial charge in [-0.1, -0.05) is 53.7 Å². The number of nitrogens with one attached hydrogen (secondary N) is 1. The molecule has 2 unspecified atom stereocenters. The summed E-state index contributed by atoms with van der Waals surface area (Å²) in [6.45, 7) is 0.283. The zero-order chi connectivity index (χ0) is 21.4. The quantitative estimate of drug-likeness (QED) is 0.529. The number of rotatable bonds is 8. The largest absolute Gasteiger partial charge is 0.395 e. The first-order chi connectivity index (χ1) is 15.1. The number of aromatic nitrogens is 2. The van der Waals surface area contributed by atoms with E-state index >= 15 is 0 Å². The van der Waals surface area contributed by atoms with Crippen LogP contribution in [0.2, 0.25) is 5.02 Å². The maximum atomic E-state index is 12.1. The van der Waals surface area contributed by atoms with Crippen molar-refractivity contribution in [1.82, 2.24) is 15.1 Å². The zero-order valence-electron chi connectivity index (χ0n) is 16.8. The Morgan fingerprint density at radius 3 is 2.71 bits per heavy atom. The van der Waals surface area contributed by atoms with E-state index in [0.29, 0.717) is 17.6 Å². The molecule has 1 amide bonds. The molecule has 2 atom stereocenters. The first-order valence-corrected chi connectivity index (χ1v) is 11.7. The van der Waals surface area contributed by atoms with Crippen LogP contribution in [0, 0.1) is 18.1 Å². The predicted molar refractivity (Wildman–Crippen MR) is 120 cm³/mol. The monoisotopic (exact) mass is 451 g/mol. The summed E-state index contributed by atoms with van der Waals surface area (Å²) >= 11 is 7.56. The van der Waals surface area contributed by atoms with E-state index in [4.69, 9.17) is 21.8 Å². The lowest BCUT2D eigenvalue weighted by Gasteiger charge is -2.05. The molecule has 2 aliphatic carbocycles. The average molecular weight is 452 g/mol. The smallest absolute Gasteiger partial charge is 0.223 e. The lowest BCUT2D eigenvalue weighted by molar-refractivity contribution is -0.122. The summed E-state index contributed by atoms with van der Waals surface area (Å²) in [6, 6.07) is 18.7. The van der Waals surface area contributed by atoms with Crippen molar-refractivity contribution in [1.29, 1.82) is 0 Å². The topological polar surface area (TPSA) is 67.2 Å². The lowest BCUT2D eigenvalue weighted by atomic mass is 10.0. The Labute approximate surface area is 190 Å². The second-order valence-electron chi connectivity index (χ2n) is 8.04. The van der Waals surface area contributed by atoms with Crippen LogP contribution in [0.25, 0.3) is 11.3 Å². The molecule has 1 heterocycles. The average Bonchev–Trinajstić information content (AvgIpc) is 3.71. The summed E-state index contributed by atoms with van der Waals surface area (Å²) in [6.07, 6.45) is 5.33. The van der Waals surface area contributed by atoms with Gasteiger partial charge in [-0.25, -0.2) is 0 Å². The number of benzene rings is 1. The molecule has 2 aliphatic rings. The molecular formula is C24H22ClN3O2S. The van der Waals surface area contributed by atoms with E-state index in [1.165, 1.54) is 18.4 Å². The number of carbonyl (C=O) groups excluding carboxylic acids is 1. The molecule has 2 saturated carbocycles. The molecule has 0 radical (unpaired) electrons. The van der Waals surface area contributed by atoms with Gasteiger partial charge in [-0.05, 0) is 48.9 Å². The highest BCUT2D eigenvalue weighted by Gasteiger charge is 2.43. The van der Waals surface area contributed by atoms with Crippen LogP contribution in [0.3, 0.4) is 0 Å². The van der Waals surface area contributed by atoms with Crippen molar-refractivity contribution in [2.45, 2.75) is 41.0 Å². The molecule has 2 aromatic carbocycles. The fraction of sp³-hybridized carbons (Fsp3) is 0.333. The summed E-state index contributed by atoms with van der Waals surface area (Å²) in [5.41, 5.74) is 3.19. The van der Waals surface area contributed by atoms with Gasteiger partial charge in [0, 0.05) is 24.2 Å². The third kappa shape index (κ3) is 4.59. The van der Waals surface area contributed by atoms with Gasteiger partial charge >= 0.3 is 0 Å². The number of hydrogen-bond acceptors (Lipinski definition) is 4. The van der Waals surface area contributed by atoms with E-state index in [0.717, 1.165) is 27.5 Å². The summed E-state index contributed by atoms with van der Waals surface area (Å²) < 4.78 is 2.08. The Balaban J connectivity index is 1.35. The molecule has 7 heteroatoms. The van der Waals surface area contributed by atoms with E-state index in [1.54, 1.807) is 11.8 Å². The Bertz CT molecular complexity index is 1080. The third-order valence-corrected chi connectivity index (χ3v) is 6.87. The summed E-state index contributed by atoms with van der Waals surface area (Å²) in [4.78, 5) is 14.1. The highest BCUT2D eigenvalue weighted by atomic mass is 35.5. The van der Waals surface area contributed by atoms with Crippen molar-refractivity contribution in [2.24, 2.45) is 5.92 Å². The van der Waals surface area contributed by atoms with Crippen molar-refractivity contribution in [2.75, 3.05) is 13.2 Å². The SMILES string of the molecule is O=C(NCCO)C1CC1c1ccc(-c2nn(C3CC3)cc2Sc2c#cc(Cl)cc2)cc1. The molecule has 31 heavy (non-hydrogen) atoms. The Morgan fingerprint density at radius 1 is 1.23 bits per heavy atom. The number of nitrogens with zero attached hydrogens (tertiary/aromatic N) is 2. The van der Waals surface area contributed by atoms with Crippen LogP contribution in [0.1, 0.15) is 36.8 Å². The lowest BCUT2D eigenvalue weighted by Crippen LogP contribution is -2.28. The predicted octanol–water partition coefficient (Wildman–Crippen LogP) is 4.50. The number of hydrogen-bond donors (Lipinski definition) is 2. The van der Waals surface area contributed by atoms with E-state index in [-0.39, 0.29) is 24.3 Å². The highest BCUT2D eigenvalue weighted by molar-refractivity contribution is 7.99. The van der Waals surface area contributed by atoms with Gasteiger partial charge in [0.25, 0.3) is 0 Å². The van der Waals surface area contributed by atoms with Gasteiger partial charge in [0.15, 0.2) is 0 Å². The van der Waals surface area contributed by atoms with Crippen LogP contribution in [0.15, 0.2) is 52.4 Å². The second kappa shape index (κ2) is 8.58. The van der Waals surface area contributed by atoms with Gasteiger partial charge in [-0.3, -0.25) is 9.48 Å². The first kappa shape index (κ1) is 20.4. The number of carbonyl (C=O) groups is 1. The molecule has 3 aromatic rings. The first-order valence-electron chi connectivity index (χ1n) is 10.5. The van der Waals surface area contributed by atoms with Gasteiger partial charge in [0.1, 0.15) is 5.69 Å². The molecule has 158 valence electrons. The molecular weight excluding hydrogens is 430 g/mol. The van der Waals surface area contributed by atoms with Gasteiger partial charge in [-0.15, -0.1) is 0 Å². The molecule has 1 aromatic heterocycles. The van der Waals surface area contributed by atoms with Crippen molar-refractivity contribution < 1.29 is 9.90 Å². The minimum absolute atomic E-state index is 0.00860. The van der Waals surface area contributed by atoms with E-state index in [1.807, 2.05) is 12.1 Å². The molecule has 0 saturated heterocycles. The summed E-state index contributed by atoms with van der Waals surface area (Å²) in [5.74, 6) is 0.292. The van der Waals surface area contributed by atoms with Crippen molar-refractivity contribution in [3.05, 3.63) is 65.3 Å². The molecule has 0 aliphatic heterocycles. The molecule has 0 spiro atoms. The number of amides is 1. The van der Waals surface area contributed by atoms with Crippen LogP contribution in [0.5, 0.6) is 0 Å². The molecule has 2 fully saturated rings. The van der Waals surface area contributed by atoms with Crippen LogP contribution in [0.4, 0.5) is 0 Å². The Morgan fingerprint density at radius 2 is 2.03 bits per heavy atom. The maximum absolute atomic E-state index is 12.1. The van der Waals surface area contributed by atoms with E-state index in [2.05, 4.69) is 52.6 Å². The summed E-state index contributed by atoms with van der Waals surface area (Å²) in [7, 11) is 0. The molecule has 2 N–H and O–H groups in total. The van der Waals surface area contributed by atoms with Crippen LogP contribution < -0.4 is 5.32 Å². The number of aliphatic hydroxyl groups excluding tert-OH is 1. The Kier molecular flexibility index (Phi) is 5.66. The zero-order valence-corrected chi connectivity index (χ0v) is 18.4. The van der Waals surface area contributed by atoms with E-state index in [9.17, 15) is 4.79 Å². The fourth-order valence-corrected chi connectivity index (χ4v) is 4.76. The van der Waals surface area contributed by atoms with Gasteiger partial charge in [0.05, 0.1) is 27.5 Å². The minimum atomic E-state index is -0.0303.